The first-order valence-corrected chi connectivity index (χ1v) is 20.6. The van der Waals surface area contributed by atoms with Crippen molar-refractivity contribution in [3.63, 3.8) is 0 Å². The lowest BCUT2D eigenvalue weighted by atomic mass is 9.59. The predicted molar refractivity (Wildman–Crippen MR) is 268 cm³/mol. The Labute approximate surface area is 352 Å². The average molecular weight is 761 g/mol. The van der Waals surface area contributed by atoms with Crippen LogP contribution >= 0.6 is 0 Å². The van der Waals surface area contributed by atoms with E-state index >= 15 is 0 Å². The first-order valence-electron chi connectivity index (χ1n) is 20.6. The maximum Gasteiger partial charge on any atom is 0.164 e. The molecular weight excluding hydrogens is 725 g/mol. The van der Waals surface area contributed by atoms with Crippen LogP contribution < -0.4 is 27.3 Å². The summed E-state index contributed by atoms with van der Waals surface area (Å²) in [7, 11) is 11.1. The minimum atomic E-state index is 0.599. The second-order valence-corrected chi connectivity index (χ2v) is 16.1. The van der Waals surface area contributed by atoms with Gasteiger partial charge in [-0.15, -0.1) is 16.4 Å². The molecule has 0 atom stereocenters. The van der Waals surface area contributed by atoms with E-state index in [1.54, 1.807) is 0 Å². The Hall–Kier alpha value is -7.11. The first-order chi connectivity index (χ1) is 29.3. The van der Waals surface area contributed by atoms with Gasteiger partial charge in [-0.3, -0.25) is 0 Å². The van der Waals surface area contributed by atoms with Gasteiger partial charge in [-0.1, -0.05) is 157 Å². The van der Waals surface area contributed by atoms with Gasteiger partial charge in [0.1, 0.15) is 50.4 Å². The van der Waals surface area contributed by atoms with Crippen molar-refractivity contribution < 1.29 is 4.42 Å². The van der Waals surface area contributed by atoms with E-state index in [4.69, 9.17) is 19.4 Å². The summed E-state index contributed by atoms with van der Waals surface area (Å²) in [5, 5.41) is 9.50. The molecule has 0 radical (unpaired) electrons. The van der Waals surface area contributed by atoms with Crippen molar-refractivity contribution in [2.24, 2.45) is 0 Å². The number of aromatic nitrogens is 3. The quantitative estimate of drug-likeness (QED) is 0.186. The van der Waals surface area contributed by atoms with Gasteiger partial charge in [0.05, 0.1) is 0 Å². The molecule has 0 unspecified atom stereocenters. The first kappa shape index (κ1) is 36.0. The second-order valence-electron chi connectivity index (χ2n) is 16.1. The number of furan rings is 1. The highest BCUT2D eigenvalue weighted by Gasteiger charge is 2.21. The summed E-state index contributed by atoms with van der Waals surface area (Å²) < 4.78 is 6.83. The monoisotopic (exact) mass is 761 g/mol. The standard InChI is InChI=1S/C51H36B5N3O/c52-43-41(44(53)46(55)47(56)45(43)54)27-20-22-29(23-21-27)50-57-49(28-10-2-1-3-11-28)58-51(59-50)38-18-9-19-40-42(38)37-17-8-16-31(48(37)60-40)30-24-25-36-34-14-5-4-12-32(34)33-13-6-7-15-35(33)39(36)26-30/h1-26H,52-56H2. The SMILES string of the molecule is Bc1c(B)c(B)c(-c2ccc(-c3nc(-c4ccccc4)nc(-c4cccc5oc6c(-c7ccc8c9ccccc9c9ccccc9c8c7)cccc6c45)n3)cc2)c(B)c1B. The molecule has 60 heavy (non-hydrogen) atoms. The Balaban J connectivity index is 1.07. The molecule has 2 aromatic heterocycles. The zero-order valence-electron chi connectivity index (χ0n) is 34.3. The van der Waals surface area contributed by atoms with Crippen molar-refractivity contribution in [2.75, 3.05) is 0 Å². The van der Waals surface area contributed by atoms with E-state index in [2.05, 4.69) is 167 Å². The summed E-state index contributed by atoms with van der Waals surface area (Å²) in [5.41, 5.74) is 15.7. The zero-order chi connectivity index (χ0) is 40.6. The van der Waals surface area contributed by atoms with Crippen molar-refractivity contribution in [3.05, 3.63) is 158 Å². The van der Waals surface area contributed by atoms with Crippen LogP contribution in [0, 0.1) is 0 Å². The van der Waals surface area contributed by atoms with Crippen LogP contribution in [0.25, 0.3) is 111 Å². The maximum absolute atomic E-state index is 6.83. The Morgan fingerprint density at radius 1 is 0.333 bits per heavy atom. The predicted octanol–water partition coefficient (Wildman–Crippen LogP) is 4.86. The summed E-state index contributed by atoms with van der Waals surface area (Å²) in [5.74, 6) is 1.84. The smallest absolute Gasteiger partial charge is 0.164 e. The Morgan fingerprint density at radius 3 is 1.45 bits per heavy atom. The van der Waals surface area contributed by atoms with E-state index in [-0.39, 0.29) is 0 Å². The third-order valence-electron chi connectivity index (χ3n) is 12.9. The van der Waals surface area contributed by atoms with E-state index in [1.807, 2.05) is 30.3 Å². The van der Waals surface area contributed by atoms with Crippen LogP contribution in [0.1, 0.15) is 0 Å². The van der Waals surface area contributed by atoms with Gasteiger partial charge in [-0.25, -0.2) is 15.0 Å². The molecule has 11 rings (SSSR count). The van der Waals surface area contributed by atoms with Gasteiger partial charge in [-0.2, -0.15) is 0 Å². The fourth-order valence-corrected chi connectivity index (χ4v) is 9.40. The molecular formula is C51H36B5N3O. The van der Waals surface area contributed by atoms with Crippen molar-refractivity contribution >= 4 is 121 Å². The van der Waals surface area contributed by atoms with E-state index in [1.165, 1.54) is 70.8 Å². The number of hydrogen-bond donors (Lipinski definition) is 0. The highest BCUT2D eigenvalue weighted by Crippen LogP contribution is 2.42. The van der Waals surface area contributed by atoms with Crippen LogP contribution in [0.4, 0.5) is 0 Å². The molecule has 4 nitrogen and oxygen atoms in total. The molecule has 0 amide bonds. The van der Waals surface area contributed by atoms with Crippen LogP contribution in [0.2, 0.25) is 0 Å². The van der Waals surface area contributed by atoms with Gasteiger partial charge in [-0.05, 0) is 61.1 Å². The number of nitrogens with zero attached hydrogens (tertiary/aromatic N) is 3. The highest BCUT2D eigenvalue weighted by atomic mass is 16.3. The third-order valence-corrected chi connectivity index (χ3v) is 12.9. The van der Waals surface area contributed by atoms with Crippen LogP contribution in [0.15, 0.2) is 162 Å². The Morgan fingerprint density at radius 2 is 0.800 bits per heavy atom. The molecule has 0 saturated heterocycles. The fourth-order valence-electron chi connectivity index (χ4n) is 9.40. The summed E-state index contributed by atoms with van der Waals surface area (Å²) in [6.07, 6.45) is 0. The lowest BCUT2D eigenvalue weighted by Gasteiger charge is -2.20. The molecule has 9 heteroatoms. The van der Waals surface area contributed by atoms with Crippen molar-refractivity contribution in [1.82, 2.24) is 15.0 Å². The molecule has 2 heterocycles. The van der Waals surface area contributed by atoms with E-state index < -0.39 is 0 Å². The largest absolute Gasteiger partial charge is 0.455 e. The summed E-state index contributed by atoms with van der Waals surface area (Å²) >= 11 is 0. The lowest BCUT2D eigenvalue weighted by Crippen LogP contribution is -2.55. The molecule has 276 valence electrons. The zero-order valence-corrected chi connectivity index (χ0v) is 34.3. The summed E-state index contributed by atoms with van der Waals surface area (Å²) in [6, 6.07) is 55.7. The topological polar surface area (TPSA) is 51.8 Å². The van der Waals surface area contributed by atoms with Gasteiger partial charge in [0.25, 0.3) is 0 Å². The van der Waals surface area contributed by atoms with Crippen molar-refractivity contribution in [2.45, 2.75) is 0 Å². The number of para-hydroxylation sites is 1. The number of benzene rings is 9. The maximum atomic E-state index is 6.83. The minimum Gasteiger partial charge on any atom is -0.455 e. The molecule has 0 N–H and O–H groups in total. The van der Waals surface area contributed by atoms with Crippen molar-refractivity contribution in [3.8, 4) is 56.4 Å². The number of fused-ring (bicyclic) bond motifs is 9. The van der Waals surface area contributed by atoms with Gasteiger partial charge in [0, 0.05) is 33.0 Å². The molecule has 0 saturated carbocycles. The van der Waals surface area contributed by atoms with Crippen LogP contribution in [0.5, 0.6) is 0 Å². The summed E-state index contributed by atoms with van der Waals surface area (Å²) in [4.78, 5) is 15.5. The van der Waals surface area contributed by atoms with Gasteiger partial charge < -0.3 is 4.42 Å². The molecule has 0 aliphatic carbocycles. The fraction of sp³-hybridized carbons (Fsp3) is 0. The Bertz CT molecular complexity index is 3490. The van der Waals surface area contributed by atoms with Gasteiger partial charge in [0.2, 0.25) is 0 Å². The van der Waals surface area contributed by atoms with Gasteiger partial charge in [0.15, 0.2) is 17.5 Å². The number of hydrogen-bond acceptors (Lipinski definition) is 4. The molecule has 0 fully saturated rings. The number of rotatable bonds is 5. The second kappa shape index (κ2) is 14.0. The molecule has 0 aliphatic rings. The highest BCUT2D eigenvalue weighted by molar-refractivity contribution is 6.68. The average Bonchev–Trinajstić information content (AvgIpc) is 3.70. The van der Waals surface area contributed by atoms with Crippen LogP contribution in [0.3, 0.4) is 0 Å². The summed E-state index contributed by atoms with van der Waals surface area (Å²) in [6.45, 7) is 0. The third kappa shape index (κ3) is 5.64. The van der Waals surface area contributed by atoms with E-state index in [0.717, 1.165) is 49.8 Å². The van der Waals surface area contributed by atoms with Crippen molar-refractivity contribution in [1.29, 1.82) is 0 Å². The minimum absolute atomic E-state index is 0.599. The molecule has 0 spiro atoms. The molecule has 0 aliphatic heterocycles. The molecule has 11 aromatic rings. The van der Waals surface area contributed by atoms with E-state index in [0.29, 0.717) is 17.5 Å². The molecule has 0 bridgehead atoms. The van der Waals surface area contributed by atoms with Gasteiger partial charge >= 0.3 is 0 Å². The van der Waals surface area contributed by atoms with Crippen LogP contribution in [-0.4, -0.2) is 54.2 Å². The normalized spacial score (nSPS) is 11.7. The van der Waals surface area contributed by atoms with E-state index in [9.17, 15) is 0 Å². The molecule has 9 aromatic carbocycles. The lowest BCUT2D eigenvalue weighted by molar-refractivity contribution is 0.670. The Kier molecular flexibility index (Phi) is 8.42. The van der Waals surface area contributed by atoms with Crippen LogP contribution in [-0.2, 0) is 0 Å².